The highest BCUT2D eigenvalue weighted by Crippen LogP contribution is 2.23. The zero-order valence-electron chi connectivity index (χ0n) is 54.2. The van der Waals surface area contributed by atoms with Gasteiger partial charge in [-0.2, -0.15) is 0 Å². The van der Waals surface area contributed by atoms with Crippen LogP contribution in [0.4, 0.5) is 0 Å². The molecule has 0 aromatic heterocycles. The molecular formula is C74H135NO8. The summed E-state index contributed by atoms with van der Waals surface area (Å²) in [6.07, 6.45) is 81.6. The van der Waals surface area contributed by atoms with Crippen molar-refractivity contribution in [3.8, 4) is 0 Å². The van der Waals surface area contributed by atoms with Gasteiger partial charge in [-0.25, -0.2) is 0 Å². The summed E-state index contributed by atoms with van der Waals surface area (Å²) in [4.78, 5) is 13.1. The number of allylic oxidation sites excluding steroid dienone is 11. The predicted molar refractivity (Wildman–Crippen MR) is 355 cm³/mol. The standard InChI is InChI=1S/C74H135NO8/c1-3-5-7-9-11-13-15-17-19-21-23-25-27-29-31-32-33-34-35-36-38-40-42-44-46-48-50-52-54-56-58-60-62-64-70(78)75-67(66-82-74-73(81)72(80)71(79)69(65-76)83-74)68(77)63-61-59-57-55-53-51-49-47-45-43-41-39-37-30-28-26-24-22-20-18-16-14-12-10-8-6-4-2/h5,7,11,13,17,19,23,25,53,55,61,63,67-69,71-74,76-77,79-81H,3-4,6,8-10,12,14-16,18,20-22,24,26-52,54,56-60,62,64-66H2,1-2H3,(H,75,78)/b7-5-,13-11-,19-17-,25-23-,55-53+,63-61+. The molecule has 0 bridgehead atoms. The minimum atomic E-state index is -1.57. The molecule has 83 heavy (non-hydrogen) atoms. The molecule has 1 aliphatic heterocycles. The van der Waals surface area contributed by atoms with E-state index in [1.807, 2.05) is 6.08 Å². The van der Waals surface area contributed by atoms with Gasteiger partial charge in [0, 0.05) is 6.42 Å². The summed E-state index contributed by atoms with van der Waals surface area (Å²) >= 11 is 0. The molecule has 9 heteroatoms. The van der Waals surface area contributed by atoms with Crippen molar-refractivity contribution in [1.29, 1.82) is 0 Å². The zero-order chi connectivity index (χ0) is 60.0. The van der Waals surface area contributed by atoms with Crippen molar-refractivity contribution in [2.45, 2.75) is 378 Å². The molecule has 0 aromatic rings. The molecule has 0 spiro atoms. The van der Waals surface area contributed by atoms with Gasteiger partial charge < -0.3 is 40.3 Å². The van der Waals surface area contributed by atoms with Gasteiger partial charge in [-0.05, 0) is 70.6 Å². The Morgan fingerprint density at radius 3 is 1.16 bits per heavy atom. The van der Waals surface area contributed by atoms with E-state index in [2.05, 4.69) is 79.9 Å². The maximum Gasteiger partial charge on any atom is 0.220 e. The molecule has 0 saturated carbocycles. The Bertz CT molecular complexity index is 1540. The first kappa shape index (κ1) is 78.6. The van der Waals surface area contributed by atoms with Gasteiger partial charge in [0.2, 0.25) is 5.91 Å². The molecule has 1 aliphatic rings. The average molecular weight is 1170 g/mol. The number of rotatable bonds is 62. The highest BCUT2D eigenvalue weighted by molar-refractivity contribution is 5.76. The molecular weight excluding hydrogens is 1030 g/mol. The van der Waals surface area contributed by atoms with Gasteiger partial charge in [0.05, 0.1) is 25.4 Å². The minimum absolute atomic E-state index is 0.182. The first-order chi connectivity index (χ1) is 40.8. The van der Waals surface area contributed by atoms with Crippen LogP contribution in [0.15, 0.2) is 72.9 Å². The van der Waals surface area contributed by atoms with E-state index in [9.17, 15) is 30.3 Å². The maximum absolute atomic E-state index is 13.1. The summed E-state index contributed by atoms with van der Waals surface area (Å²) in [5, 5.41) is 54.8. The summed E-state index contributed by atoms with van der Waals surface area (Å²) < 4.78 is 11.3. The van der Waals surface area contributed by atoms with Crippen LogP contribution in [0, 0.1) is 0 Å². The smallest absolute Gasteiger partial charge is 0.220 e. The topological polar surface area (TPSA) is 149 Å². The molecule has 0 aliphatic carbocycles. The second kappa shape index (κ2) is 62.7. The monoisotopic (exact) mass is 1170 g/mol. The van der Waals surface area contributed by atoms with E-state index in [-0.39, 0.29) is 12.5 Å². The zero-order valence-corrected chi connectivity index (χ0v) is 54.2. The van der Waals surface area contributed by atoms with E-state index >= 15 is 0 Å². The van der Waals surface area contributed by atoms with Crippen LogP contribution in [0.25, 0.3) is 0 Å². The van der Waals surface area contributed by atoms with Crippen molar-refractivity contribution in [3.05, 3.63) is 72.9 Å². The fraction of sp³-hybridized carbons (Fsp3) is 0.824. The molecule has 0 radical (unpaired) electrons. The lowest BCUT2D eigenvalue weighted by Gasteiger charge is -2.40. The van der Waals surface area contributed by atoms with E-state index in [0.717, 1.165) is 64.2 Å². The maximum atomic E-state index is 13.1. The Hall–Kier alpha value is -2.37. The Morgan fingerprint density at radius 2 is 0.759 bits per heavy atom. The average Bonchev–Trinajstić information content (AvgIpc) is 3.61. The first-order valence-electron chi connectivity index (χ1n) is 35.7. The van der Waals surface area contributed by atoms with E-state index in [4.69, 9.17) is 9.47 Å². The van der Waals surface area contributed by atoms with E-state index in [0.29, 0.717) is 6.42 Å². The highest BCUT2D eigenvalue weighted by Gasteiger charge is 2.44. The van der Waals surface area contributed by atoms with Crippen molar-refractivity contribution >= 4 is 5.91 Å². The fourth-order valence-electron chi connectivity index (χ4n) is 11.2. The Balaban J connectivity index is 2.13. The molecule has 1 amide bonds. The van der Waals surface area contributed by atoms with Crippen LogP contribution in [0.1, 0.15) is 335 Å². The summed E-state index contributed by atoms with van der Waals surface area (Å²) in [7, 11) is 0. The largest absolute Gasteiger partial charge is 0.394 e. The number of amides is 1. The number of unbranched alkanes of at least 4 members (excludes halogenated alkanes) is 42. The van der Waals surface area contributed by atoms with E-state index in [1.165, 1.54) is 250 Å². The molecule has 9 nitrogen and oxygen atoms in total. The second-order valence-corrected chi connectivity index (χ2v) is 24.6. The minimum Gasteiger partial charge on any atom is -0.394 e. The number of carbonyl (C=O) groups is 1. The number of nitrogens with one attached hydrogen (secondary N) is 1. The van der Waals surface area contributed by atoms with Crippen molar-refractivity contribution in [3.63, 3.8) is 0 Å². The summed E-state index contributed by atoms with van der Waals surface area (Å²) in [6, 6.07) is -0.825. The van der Waals surface area contributed by atoms with Gasteiger partial charge in [0.1, 0.15) is 24.4 Å². The first-order valence-corrected chi connectivity index (χ1v) is 35.7. The van der Waals surface area contributed by atoms with Crippen LogP contribution in [0.5, 0.6) is 0 Å². The summed E-state index contributed by atoms with van der Waals surface area (Å²) in [5.74, 6) is -0.182. The van der Waals surface area contributed by atoms with Crippen molar-refractivity contribution in [1.82, 2.24) is 5.32 Å². The second-order valence-electron chi connectivity index (χ2n) is 24.6. The molecule has 484 valence electrons. The number of ether oxygens (including phenoxy) is 2. The number of hydrogen-bond acceptors (Lipinski definition) is 8. The Morgan fingerprint density at radius 1 is 0.422 bits per heavy atom. The molecule has 1 rings (SSSR count). The highest BCUT2D eigenvalue weighted by atomic mass is 16.7. The van der Waals surface area contributed by atoms with Crippen LogP contribution < -0.4 is 5.32 Å². The predicted octanol–water partition coefficient (Wildman–Crippen LogP) is 19.5. The molecule has 1 saturated heterocycles. The SMILES string of the molecule is CC/C=C\C/C=C\C/C=C\C/C=C\CCCCCCCCCCCCCCCCCCCCCCC(=O)NC(COC1OC(CO)C(O)C(O)C1O)C(O)/C=C/CC/C=C/CCCCCCCCCCCCCCCCCCCCCCC. The van der Waals surface area contributed by atoms with Gasteiger partial charge in [-0.1, -0.05) is 331 Å². The quantitative estimate of drug-likeness (QED) is 0.0261. The third-order valence-corrected chi connectivity index (χ3v) is 16.8. The number of aliphatic hydroxyl groups excluding tert-OH is 5. The van der Waals surface area contributed by atoms with Crippen molar-refractivity contribution in [2.24, 2.45) is 0 Å². The van der Waals surface area contributed by atoms with Crippen LogP contribution in [-0.4, -0.2) is 87.5 Å². The Labute approximate surface area is 512 Å². The van der Waals surface area contributed by atoms with Crippen LogP contribution >= 0.6 is 0 Å². The van der Waals surface area contributed by atoms with Crippen molar-refractivity contribution < 1.29 is 39.8 Å². The lowest BCUT2D eigenvalue weighted by atomic mass is 9.99. The normalized spacial score (nSPS) is 18.7. The number of aliphatic hydroxyl groups is 5. The molecule has 0 aromatic carbocycles. The number of carbonyl (C=O) groups excluding carboxylic acids is 1. The molecule has 6 N–H and O–H groups in total. The van der Waals surface area contributed by atoms with Gasteiger partial charge in [0.15, 0.2) is 6.29 Å². The van der Waals surface area contributed by atoms with Gasteiger partial charge in [-0.15, -0.1) is 0 Å². The number of hydrogen-bond donors (Lipinski definition) is 6. The molecule has 7 atom stereocenters. The lowest BCUT2D eigenvalue weighted by Crippen LogP contribution is -2.60. The third-order valence-electron chi connectivity index (χ3n) is 16.8. The third kappa shape index (κ3) is 51.4. The van der Waals surface area contributed by atoms with Gasteiger partial charge in [-0.3, -0.25) is 4.79 Å². The van der Waals surface area contributed by atoms with Crippen LogP contribution in [-0.2, 0) is 14.3 Å². The van der Waals surface area contributed by atoms with Gasteiger partial charge in [0.25, 0.3) is 0 Å². The lowest BCUT2D eigenvalue weighted by molar-refractivity contribution is -0.302. The van der Waals surface area contributed by atoms with Gasteiger partial charge >= 0.3 is 0 Å². The van der Waals surface area contributed by atoms with Crippen LogP contribution in [0.2, 0.25) is 0 Å². The van der Waals surface area contributed by atoms with Crippen molar-refractivity contribution in [2.75, 3.05) is 13.2 Å². The summed E-state index contributed by atoms with van der Waals surface area (Å²) in [6.45, 7) is 3.69. The van der Waals surface area contributed by atoms with E-state index in [1.54, 1.807) is 6.08 Å². The van der Waals surface area contributed by atoms with Crippen LogP contribution in [0.3, 0.4) is 0 Å². The van der Waals surface area contributed by atoms with E-state index < -0.39 is 49.5 Å². The molecule has 1 fully saturated rings. The fourth-order valence-corrected chi connectivity index (χ4v) is 11.2. The molecule has 1 heterocycles. The Kier molecular flexibility index (Phi) is 59.4. The summed E-state index contributed by atoms with van der Waals surface area (Å²) in [5.41, 5.74) is 0. The molecule has 7 unspecified atom stereocenters.